The predicted molar refractivity (Wildman–Crippen MR) is 81.5 cm³/mol. The molecule has 1 fully saturated rings. The molecular formula is C15H23N3O3. The number of pyridine rings is 1. The summed E-state index contributed by atoms with van der Waals surface area (Å²) in [6, 6.07) is 3.33. The van der Waals surface area contributed by atoms with Gasteiger partial charge in [0, 0.05) is 24.4 Å². The quantitative estimate of drug-likeness (QED) is 0.664. The van der Waals surface area contributed by atoms with E-state index in [0.29, 0.717) is 12.4 Å². The Labute approximate surface area is 125 Å². The highest BCUT2D eigenvalue weighted by molar-refractivity contribution is 5.56. The van der Waals surface area contributed by atoms with E-state index in [1.54, 1.807) is 6.07 Å². The minimum absolute atomic E-state index is 0.0330. The Morgan fingerprint density at radius 2 is 2.19 bits per heavy atom. The molecule has 116 valence electrons. The summed E-state index contributed by atoms with van der Waals surface area (Å²) >= 11 is 0. The van der Waals surface area contributed by atoms with Gasteiger partial charge in [0.25, 0.3) is 0 Å². The molecule has 6 heteroatoms. The van der Waals surface area contributed by atoms with Gasteiger partial charge in [0.2, 0.25) is 5.82 Å². The van der Waals surface area contributed by atoms with Gasteiger partial charge >= 0.3 is 5.69 Å². The molecule has 0 saturated carbocycles. The molecule has 1 aliphatic heterocycles. The van der Waals surface area contributed by atoms with Crippen LogP contribution in [0.2, 0.25) is 0 Å². The second-order valence-corrected chi connectivity index (χ2v) is 5.65. The molecule has 1 aromatic heterocycles. The van der Waals surface area contributed by atoms with E-state index in [0.717, 1.165) is 31.4 Å². The molecule has 0 radical (unpaired) electrons. The molecule has 2 heterocycles. The maximum atomic E-state index is 11.1. The van der Waals surface area contributed by atoms with Gasteiger partial charge in [-0.15, -0.1) is 0 Å². The molecule has 0 bridgehead atoms. The average Bonchev–Trinajstić information content (AvgIpc) is 2.47. The molecule has 21 heavy (non-hydrogen) atoms. The number of hydrogen-bond donors (Lipinski definition) is 1. The van der Waals surface area contributed by atoms with Gasteiger partial charge in [-0.05, 0) is 38.7 Å². The van der Waals surface area contributed by atoms with Crippen molar-refractivity contribution >= 4 is 11.5 Å². The fraction of sp³-hybridized carbons (Fsp3) is 0.667. The number of aryl methyl sites for hydroxylation is 1. The van der Waals surface area contributed by atoms with Crippen molar-refractivity contribution in [2.45, 2.75) is 58.1 Å². The highest BCUT2D eigenvalue weighted by Crippen LogP contribution is 2.33. The van der Waals surface area contributed by atoms with Gasteiger partial charge in [-0.3, -0.25) is 10.1 Å². The zero-order chi connectivity index (χ0) is 15.5. The van der Waals surface area contributed by atoms with E-state index in [4.69, 9.17) is 4.74 Å². The van der Waals surface area contributed by atoms with E-state index < -0.39 is 0 Å². The Balaban J connectivity index is 2.18. The van der Waals surface area contributed by atoms with Crippen LogP contribution in [-0.4, -0.2) is 28.2 Å². The van der Waals surface area contributed by atoms with Crippen LogP contribution >= 0.6 is 0 Å². The molecule has 0 aliphatic carbocycles. The highest BCUT2D eigenvalue weighted by Gasteiger charge is 2.35. The minimum Gasteiger partial charge on any atom is -0.375 e. The first-order valence-electron chi connectivity index (χ1n) is 7.52. The largest absolute Gasteiger partial charge is 0.375 e. The van der Waals surface area contributed by atoms with E-state index in [1.807, 2.05) is 6.92 Å². The third-order valence-corrected chi connectivity index (χ3v) is 4.33. The first-order chi connectivity index (χ1) is 9.99. The Morgan fingerprint density at radius 3 is 2.81 bits per heavy atom. The van der Waals surface area contributed by atoms with Gasteiger partial charge < -0.3 is 10.1 Å². The van der Waals surface area contributed by atoms with E-state index in [9.17, 15) is 10.1 Å². The van der Waals surface area contributed by atoms with Crippen LogP contribution in [0.5, 0.6) is 0 Å². The fourth-order valence-corrected chi connectivity index (χ4v) is 2.89. The smallest absolute Gasteiger partial charge is 0.311 e. The van der Waals surface area contributed by atoms with E-state index >= 15 is 0 Å². The summed E-state index contributed by atoms with van der Waals surface area (Å²) in [5.41, 5.74) is 0.687. The lowest BCUT2D eigenvalue weighted by Crippen LogP contribution is -2.43. The molecule has 0 amide bonds. The van der Waals surface area contributed by atoms with Gasteiger partial charge in [0.15, 0.2) is 0 Å². The number of nitrogens with zero attached hydrogens (tertiary/aromatic N) is 2. The molecular weight excluding hydrogens is 270 g/mol. The number of rotatable bonds is 5. The normalized spacial score (nSPS) is 21.0. The van der Waals surface area contributed by atoms with Crippen molar-refractivity contribution in [3.05, 3.63) is 27.9 Å². The number of hydrogen-bond acceptors (Lipinski definition) is 5. The zero-order valence-corrected chi connectivity index (χ0v) is 12.9. The van der Waals surface area contributed by atoms with Crippen LogP contribution in [0.15, 0.2) is 12.1 Å². The van der Waals surface area contributed by atoms with Crippen LogP contribution in [-0.2, 0) is 4.74 Å². The van der Waals surface area contributed by atoms with Gasteiger partial charge in [0.05, 0.1) is 10.5 Å². The van der Waals surface area contributed by atoms with Gasteiger partial charge in [-0.2, -0.15) is 0 Å². The summed E-state index contributed by atoms with van der Waals surface area (Å²) < 4.78 is 5.94. The van der Waals surface area contributed by atoms with Crippen LogP contribution in [0.1, 0.15) is 45.2 Å². The first-order valence-corrected chi connectivity index (χ1v) is 7.52. The van der Waals surface area contributed by atoms with Crippen LogP contribution < -0.4 is 5.32 Å². The Bertz CT molecular complexity index is 515. The van der Waals surface area contributed by atoms with E-state index in [1.165, 1.54) is 6.07 Å². The van der Waals surface area contributed by atoms with Gasteiger partial charge in [-0.25, -0.2) is 4.98 Å². The number of nitro groups is 1. The third-order valence-electron chi connectivity index (χ3n) is 4.33. The van der Waals surface area contributed by atoms with Gasteiger partial charge in [-0.1, -0.05) is 13.8 Å². The average molecular weight is 293 g/mol. The topological polar surface area (TPSA) is 77.3 Å². The SMILES string of the molecule is CCC1(CC)CC(Nc2nc(C)ccc2[N+](=O)[O-])CCO1. The summed E-state index contributed by atoms with van der Waals surface area (Å²) in [5, 5.41) is 14.4. The van der Waals surface area contributed by atoms with E-state index in [-0.39, 0.29) is 22.3 Å². The Kier molecular flexibility index (Phi) is 4.77. The summed E-state index contributed by atoms with van der Waals surface area (Å²) in [6.45, 7) is 6.76. The number of ether oxygens (including phenoxy) is 1. The lowest BCUT2D eigenvalue weighted by molar-refractivity contribution is -0.384. The summed E-state index contributed by atoms with van der Waals surface area (Å²) in [6.07, 6.45) is 3.59. The second kappa shape index (κ2) is 6.39. The van der Waals surface area contributed by atoms with Crippen molar-refractivity contribution in [1.82, 2.24) is 4.98 Å². The molecule has 0 spiro atoms. The number of nitrogens with one attached hydrogen (secondary N) is 1. The van der Waals surface area contributed by atoms with Crippen LogP contribution in [0, 0.1) is 17.0 Å². The summed E-state index contributed by atoms with van der Waals surface area (Å²) in [5.74, 6) is 0.369. The third kappa shape index (κ3) is 3.50. The molecule has 1 N–H and O–H groups in total. The van der Waals surface area contributed by atoms with Crippen molar-refractivity contribution in [1.29, 1.82) is 0 Å². The van der Waals surface area contributed by atoms with Crippen molar-refractivity contribution in [2.75, 3.05) is 11.9 Å². The maximum Gasteiger partial charge on any atom is 0.311 e. The van der Waals surface area contributed by atoms with Crippen molar-refractivity contribution in [2.24, 2.45) is 0 Å². The van der Waals surface area contributed by atoms with E-state index in [2.05, 4.69) is 24.1 Å². The first kappa shape index (κ1) is 15.7. The molecule has 2 rings (SSSR count). The molecule has 1 aromatic rings. The van der Waals surface area contributed by atoms with Crippen molar-refractivity contribution < 1.29 is 9.66 Å². The summed E-state index contributed by atoms with van der Waals surface area (Å²) in [4.78, 5) is 15.0. The zero-order valence-electron chi connectivity index (χ0n) is 12.9. The van der Waals surface area contributed by atoms with Crippen LogP contribution in [0.3, 0.4) is 0 Å². The molecule has 1 atom stereocenters. The highest BCUT2D eigenvalue weighted by atomic mass is 16.6. The second-order valence-electron chi connectivity index (χ2n) is 5.65. The minimum atomic E-state index is -0.388. The maximum absolute atomic E-state index is 11.1. The Morgan fingerprint density at radius 1 is 1.48 bits per heavy atom. The monoisotopic (exact) mass is 293 g/mol. The van der Waals surface area contributed by atoms with Crippen LogP contribution in [0.25, 0.3) is 0 Å². The van der Waals surface area contributed by atoms with Crippen molar-refractivity contribution in [3.63, 3.8) is 0 Å². The van der Waals surface area contributed by atoms with Crippen molar-refractivity contribution in [3.8, 4) is 0 Å². The van der Waals surface area contributed by atoms with Crippen LogP contribution in [0.4, 0.5) is 11.5 Å². The lowest BCUT2D eigenvalue weighted by Gasteiger charge is -2.40. The van der Waals surface area contributed by atoms with Gasteiger partial charge in [0.1, 0.15) is 0 Å². The lowest BCUT2D eigenvalue weighted by atomic mass is 9.86. The summed E-state index contributed by atoms with van der Waals surface area (Å²) in [7, 11) is 0. The molecule has 1 aliphatic rings. The Hall–Kier alpha value is -1.69. The predicted octanol–water partition coefficient (Wildman–Crippen LogP) is 3.45. The molecule has 1 unspecified atom stereocenters. The standard InChI is InChI=1S/C15H23N3O3/c1-4-15(5-2)10-12(8-9-21-15)17-14-13(18(19)20)7-6-11(3)16-14/h6-7,12H,4-5,8-10H2,1-3H3,(H,16,17). The molecule has 1 saturated heterocycles. The fourth-order valence-electron chi connectivity index (χ4n) is 2.89. The number of anilines is 1. The molecule has 6 nitrogen and oxygen atoms in total. The molecule has 0 aromatic carbocycles. The number of aromatic nitrogens is 1.